The minimum Gasteiger partial charge on any atom is -0.496 e. The lowest BCUT2D eigenvalue weighted by Crippen LogP contribution is -2.51. The Labute approximate surface area is 225 Å². The van der Waals surface area contributed by atoms with Gasteiger partial charge in [0.2, 0.25) is 5.91 Å². The molecule has 0 bridgehead atoms. The third-order valence-electron chi connectivity index (χ3n) is 8.51. The summed E-state index contributed by atoms with van der Waals surface area (Å²) in [6.07, 6.45) is 7.23. The second-order valence-electron chi connectivity index (χ2n) is 10.9. The Balaban J connectivity index is 1.06. The molecule has 0 spiro atoms. The molecule has 202 valence electrons. The summed E-state index contributed by atoms with van der Waals surface area (Å²) in [5, 5.41) is 4.47. The summed E-state index contributed by atoms with van der Waals surface area (Å²) in [5.41, 5.74) is 5.22. The number of aromatic nitrogens is 1. The van der Waals surface area contributed by atoms with Crippen LogP contribution in [0.15, 0.2) is 42.6 Å². The Bertz CT molecular complexity index is 1280. The van der Waals surface area contributed by atoms with Crippen molar-refractivity contribution in [3.8, 4) is 5.75 Å². The van der Waals surface area contributed by atoms with Crippen LogP contribution in [-0.2, 0) is 11.2 Å². The number of rotatable bonds is 7. The molecule has 5 rings (SSSR count). The molecule has 3 aromatic rings. The number of nitrogens with one attached hydrogen (secondary N) is 2. The van der Waals surface area contributed by atoms with E-state index in [-0.39, 0.29) is 17.9 Å². The van der Waals surface area contributed by atoms with Crippen LogP contribution >= 0.6 is 0 Å². The number of methoxy groups -OCH3 is 1. The van der Waals surface area contributed by atoms with Crippen LogP contribution in [0.2, 0.25) is 0 Å². The number of para-hydroxylation sites is 1. The fourth-order valence-electron chi connectivity index (χ4n) is 6.03. The number of amides is 2. The molecule has 2 aromatic carbocycles. The predicted molar refractivity (Wildman–Crippen MR) is 151 cm³/mol. The molecule has 0 unspecified atom stereocenters. The van der Waals surface area contributed by atoms with Crippen LogP contribution in [-0.4, -0.2) is 72.0 Å². The summed E-state index contributed by atoms with van der Waals surface area (Å²) in [6.45, 7) is 7.60. The summed E-state index contributed by atoms with van der Waals surface area (Å²) in [5.74, 6) is 0.866. The zero-order chi connectivity index (χ0) is 26.6. The minimum absolute atomic E-state index is 0.0671. The molecular formula is C31H40N4O3. The van der Waals surface area contributed by atoms with Gasteiger partial charge in [-0.1, -0.05) is 18.2 Å². The van der Waals surface area contributed by atoms with Crippen LogP contribution in [0.3, 0.4) is 0 Å². The number of ether oxygens (including phenoxy) is 1. The van der Waals surface area contributed by atoms with Gasteiger partial charge in [-0.2, -0.15) is 0 Å². The molecule has 2 amide bonds. The monoisotopic (exact) mass is 516 g/mol. The average Bonchev–Trinajstić information content (AvgIpc) is 3.36. The highest BCUT2D eigenvalue weighted by Gasteiger charge is 2.31. The van der Waals surface area contributed by atoms with Gasteiger partial charge in [0.1, 0.15) is 5.75 Å². The number of aromatic amines is 1. The molecule has 2 fully saturated rings. The fourth-order valence-corrected chi connectivity index (χ4v) is 6.03. The van der Waals surface area contributed by atoms with Gasteiger partial charge in [0.05, 0.1) is 12.7 Å². The predicted octanol–water partition coefficient (Wildman–Crippen LogP) is 4.61. The molecule has 2 aliphatic rings. The summed E-state index contributed by atoms with van der Waals surface area (Å²) in [7, 11) is 1.63. The van der Waals surface area contributed by atoms with Crippen molar-refractivity contribution in [2.45, 2.75) is 64.5 Å². The zero-order valence-corrected chi connectivity index (χ0v) is 22.9. The molecule has 0 saturated carbocycles. The highest BCUT2D eigenvalue weighted by Crippen LogP contribution is 2.27. The number of piperidine rings is 2. The lowest BCUT2D eigenvalue weighted by Gasteiger charge is -2.42. The number of nitrogens with zero attached hydrogens (tertiary/aromatic N) is 2. The van der Waals surface area contributed by atoms with Crippen molar-refractivity contribution >= 4 is 22.7 Å². The van der Waals surface area contributed by atoms with E-state index in [1.807, 2.05) is 49.2 Å². The standard InChI is InChI=1S/C31H40N4O3/c1-21-18-27(29(38-3)19-22(21)2)31(37)35-16-12-25(13-17-35)34-14-10-24(11-15-34)33-30(36)9-8-23-20-32-28-7-5-4-6-26(23)28/h4-7,18-20,24-25,32H,8-17H2,1-3H3,(H,33,36). The van der Waals surface area contributed by atoms with E-state index in [4.69, 9.17) is 4.74 Å². The Hall–Kier alpha value is -3.32. The van der Waals surface area contributed by atoms with Gasteiger partial charge in [0.25, 0.3) is 5.91 Å². The van der Waals surface area contributed by atoms with Gasteiger partial charge in [-0.25, -0.2) is 0 Å². The molecule has 7 nitrogen and oxygen atoms in total. The first-order chi connectivity index (χ1) is 18.4. The van der Waals surface area contributed by atoms with Crippen molar-refractivity contribution in [2.24, 2.45) is 0 Å². The van der Waals surface area contributed by atoms with E-state index in [9.17, 15) is 9.59 Å². The summed E-state index contributed by atoms with van der Waals surface area (Å²) in [4.78, 5) is 33.7. The van der Waals surface area contributed by atoms with Crippen molar-refractivity contribution in [1.82, 2.24) is 20.1 Å². The number of fused-ring (bicyclic) bond motifs is 1. The molecular weight excluding hydrogens is 476 g/mol. The number of likely N-dealkylation sites (tertiary alicyclic amines) is 2. The van der Waals surface area contributed by atoms with Gasteiger partial charge < -0.3 is 24.8 Å². The van der Waals surface area contributed by atoms with Crippen LogP contribution in [0, 0.1) is 13.8 Å². The molecule has 2 N–H and O–H groups in total. The number of hydrogen-bond donors (Lipinski definition) is 2. The smallest absolute Gasteiger partial charge is 0.257 e. The lowest BCUT2D eigenvalue weighted by molar-refractivity contribution is -0.122. The number of benzene rings is 2. The SMILES string of the molecule is COc1cc(C)c(C)cc1C(=O)N1CCC(N2CCC(NC(=O)CCc3c[nH]c4ccccc34)CC2)CC1. The highest BCUT2D eigenvalue weighted by molar-refractivity contribution is 5.97. The Morgan fingerprint density at radius 2 is 1.71 bits per heavy atom. The molecule has 3 heterocycles. The van der Waals surface area contributed by atoms with E-state index in [2.05, 4.69) is 27.3 Å². The average molecular weight is 517 g/mol. The molecule has 38 heavy (non-hydrogen) atoms. The maximum absolute atomic E-state index is 13.3. The number of aryl methyl sites for hydroxylation is 3. The molecule has 0 aliphatic carbocycles. The topological polar surface area (TPSA) is 77.7 Å². The number of carbonyl (C=O) groups excluding carboxylic acids is 2. The highest BCUT2D eigenvalue weighted by atomic mass is 16.5. The third-order valence-corrected chi connectivity index (χ3v) is 8.51. The van der Waals surface area contributed by atoms with Crippen LogP contribution in [0.25, 0.3) is 10.9 Å². The maximum Gasteiger partial charge on any atom is 0.257 e. The van der Waals surface area contributed by atoms with E-state index < -0.39 is 0 Å². The van der Waals surface area contributed by atoms with Gasteiger partial charge in [0.15, 0.2) is 0 Å². The maximum atomic E-state index is 13.3. The first-order valence-electron chi connectivity index (χ1n) is 14.0. The Morgan fingerprint density at radius 3 is 2.45 bits per heavy atom. The van der Waals surface area contributed by atoms with Crippen LogP contribution in [0.1, 0.15) is 59.2 Å². The Morgan fingerprint density at radius 1 is 1.00 bits per heavy atom. The van der Waals surface area contributed by atoms with Crippen LogP contribution in [0.5, 0.6) is 5.75 Å². The molecule has 0 radical (unpaired) electrons. The fraction of sp³-hybridized carbons (Fsp3) is 0.484. The first kappa shape index (κ1) is 26.3. The van der Waals surface area contributed by atoms with Gasteiger partial charge >= 0.3 is 0 Å². The third kappa shape index (κ3) is 5.73. The molecule has 1 aromatic heterocycles. The van der Waals surface area contributed by atoms with Crippen molar-refractivity contribution in [1.29, 1.82) is 0 Å². The summed E-state index contributed by atoms with van der Waals surface area (Å²) in [6, 6.07) is 12.9. The molecule has 7 heteroatoms. The summed E-state index contributed by atoms with van der Waals surface area (Å²) >= 11 is 0. The van der Waals surface area contributed by atoms with Gasteiger partial charge in [-0.15, -0.1) is 0 Å². The Kier molecular flexibility index (Phi) is 8.03. The molecule has 0 atom stereocenters. The molecule has 2 saturated heterocycles. The second kappa shape index (κ2) is 11.6. The number of H-pyrrole nitrogens is 1. The lowest BCUT2D eigenvalue weighted by atomic mass is 9.96. The minimum atomic E-state index is 0.0671. The van der Waals surface area contributed by atoms with E-state index in [0.29, 0.717) is 23.8 Å². The van der Waals surface area contributed by atoms with E-state index in [1.165, 1.54) is 10.9 Å². The zero-order valence-electron chi connectivity index (χ0n) is 22.9. The number of hydrogen-bond acceptors (Lipinski definition) is 4. The van der Waals surface area contributed by atoms with Crippen molar-refractivity contribution < 1.29 is 14.3 Å². The quantitative estimate of drug-likeness (QED) is 0.481. The van der Waals surface area contributed by atoms with Crippen molar-refractivity contribution in [2.75, 3.05) is 33.3 Å². The largest absolute Gasteiger partial charge is 0.496 e. The van der Waals surface area contributed by atoms with Crippen LogP contribution in [0.4, 0.5) is 0 Å². The second-order valence-corrected chi connectivity index (χ2v) is 10.9. The van der Waals surface area contributed by atoms with Crippen molar-refractivity contribution in [3.05, 3.63) is 64.8 Å². The van der Waals surface area contributed by atoms with Gasteiger partial charge in [-0.05, 0) is 80.8 Å². The number of carbonyl (C=O) groups is 2. The van der Waals surface area contributed by atoms with Crippen LogP contribution < -0.4 is 10.1 Å². The van der Waals surface area contributed by atoms with E-state index >= 15 is 0 Å². The first-order valence-corrected chi connectivity index (χ1v) is 14.0. The molecule has 2 aliphatic heterocycles. The van der Waals surface area contributed by atoms with Crippen molar-refractivity contribution in [3.63, 3.8) is 0 Å². The van der Waals surface area contributed by atoms with E-state index in [0.717, 1.165) is 74.9 Å². The van der Waals surface area contributed by atoms with Gasteiger partial charge in [-0.3, -0.25) is 9.59 Å². The normalized spacial score (nSPS) is 17.6. The summed E-state index contributed by atoms with van der Waals surface area (Å²) < 4.78 is 5.51. The van der Waals surface area contributed by atoms with E-state index in [1.54, 1.807) is 7.11 Å². The van der Waals surface area contributed by atoms with Gasteiger partial charge in [0, 0.05) is 61.8 Å².